The van der Waals surface area contributed by atoms with E-state index < -0.39 is 5.41 Å². The van der Waals surface area contributed by atoms with Crippen molar-refractivity contribution >= 4 is 17.5 Å². The number of aryl methyl sites for hydroxylation is 1. The maximum Gasteiger partial charge on any atom is 0.240 e. The lowest BCUT2D eigenvalue weighted by Gasteiger charge is -2.17. The zero-order valence-corrected chi connectivity index (χ0v) is 13.9. The molecule has 1 aromatic carbocycles. The summed E-state index contributed by atoms with van der Waals surface area (Å²) in [6.45, 7) is 4.29. The predicted molar refractivity (Wildman–Crippen MR) is 92.3 cm³/mol. The molecule has 1 aliphatic carbocycles. The van der Waals surface area contributed by atoms with E-state index >= 15 is 0 Å². The molecular formula is C19H21N3O2. The van der Waals surface area contributed by atoms with Crippen molar-refractivity contribution in [1.29, 1.82) is 0 Å². The lowest BCUT2D eigenvalue weighted by Crippen LogP contribution is -2.39. The third-order valence-electron chi connectivity index (χ3n) is 4.63. The Morgan fingerprint density at radius 2 is 1.88 bits per heavy atom. The molecule has 124 valence electrons. The van der Waals surface area contributed by atoms with E-state index in [1.165, 1.54) is 0 Å². The van der Waals surface area contributed by atoms with Gasteiger partial charge < -0.3 is 10.6 Å². The number of carbonyl (C=O) groups excluding carboxylic acids is 2. The fourth-order valence-corrected chi connectivity index (χ4v) is 2.65. The number of carbonyl (C=O) groups is 2. The zero-order chi connectivity index (χ0) is 17.2. The molecular weight excluding hydrogens is 302 g/mol. The van der Waals surface area contributed by atoms with E-state index in [9.17, 15) is 9.59 Å². The molecule has 1 saturated carbocycles. The first-order valence-corrected chi connectivity index (χ1v) is 8.09. The molecule has 0 radical (unpaired) electrons. The molecule has 5 nitrogen and oxygen atoms in total. The highest BCUT2D eigenvalue weighted by atomic mass is 16.2. The van der Waals surface area contributed by atoms with Gasteiger partial charge in [-0.05, 0) is 56.0 Å². The van der Waals surface area contributed by atoms with E-state index in [1.807, 2.05) is 50.2 Å². The Kier molecular flexibility index (Phi) is 4.34. The van der Waals surface area contributed by atoms with Gasteiger partial charge in [-0.1, -0.05) is 18.2 Å². The molecule has 24 heavy (non-hydrogen) atoms. The van der Waals surface area contributed by atoms with E-state index in [1.54, 1.807) is 6.20 Å². The monoisotopic (exact) mass is 323 g/mol. The van der Waals surface area contributed by atoms with Crippen LogP contribution in [0.4, 0.5) is 5.69 Å². The number of benzene rings is 1. The molecule has 2 N–H and O–H groups in total. The summed E-state index contributed by atoms with van der Waals surface area (Å²) in [6, 6.07) is 11.3. The summed E-state index contributed by atoms with van der Waals surface area (Å²) in [5, 5.41) is 5.75. The van der Waals surface area contributed by atoms with Gasteiger partial charge in [0.1, 0.15) is 5.41 Å². The van der Waals surface area contributed by atoms with Gasteiger partial charge in [-0.15, -0.1) is 0 Å². The third-order valence-corrected chi connectivity index (χ3v) is 4.63. The second-order valence-corrected chi connectivity index (χ2v) is 6.29. The minimum atomic E-state index is -0.940. The molecule has 3 rings (SSSR count). The highest BCUT2D eigenvalue weighted by molar-refractivity contribution is 6.13. The largest absolute Gasteiger partial charge is 0.350 e. The number of anilines is 1. The van der Waals surface area contributed by atoms with Crippen molar-refractivity contribution in [3.8, 4) is 0 Å². The number of rotatable bonds is 5. The van der Waals surface area contributed by atoms with Crippen molar-refractivity contribution < 1.29 is 9.59 Å². The van der Waals surface area contributed by atoms with Gasteiger partial charge in [0, 0.05) is 11.9 Å². The molecule has 0 saturated heterocycles. The topological polar surface area (TPSA) is 71.1 Å². The number of amides is 2. The summed E-state index contributed by atoms with van der Waals surface area (Å²) in [7, 11) is 0. The molecule has 0 unspecified atom stereocenters. The fourth-order valence-electron chi connectivity index (χ4n) is 2.65. The van der Waals surface area contributed by atoms with Crippen molar-refractivity contribution in [2.75, 3.05) is 5.32 Å². The fraction of sp³-hybridized carbons (Fsp3) is 0.316. The van der Waals surface area contributed by atoms with Gasteiger partial charge in [-0.25, -0.2) is 0 Å². The summed E-state index contributed by atoms with van der Waals surface area (Å²) in [4.78, 5) is 29.3. The van der Waals surface area contributed by atoms with Crippen molar-refractivity contribution in [2.45, 2.75) is 33.2 Å². The van der Waals surface area contributed by atoms with Crippen molar-refractivity contribution in [3.05, 3.63) is 59.4 Å². The van der Waals surface area contributed by atoms with Crippen molar-refractivity contribution in [2.24, 2.45) is 5.41 Å². The van der Waals surface area contributed by atoms with Crippen LogP contribution in [0.5, 0.6) is 0 Å². The second-order valence-electron chi connectivity index (χ2n) is 6.29. The van der Waals surface area contributed by atoms with Crippen LogP contribution in [-0.4, -0.2) is 16.8 Å². The summed E-state index contributed by atoms with van der Waals surface area (Å²) in [6.07, 6.45) is 2.84. The van der Waals surface area contributed by atoms with Crippen LogP contribution in [0, 0.1) is 19.3 Å². The Balaban J connectivity index is 1.65. The number of aromatic nitrogens is 1. The van der Waals surface area contributed by atoms with Crippen LogP contribution >= 0.6 is 0 Å². The van der Waals surface area contributed by atoms with Gasteiger partial charge >= 0.3 is 0 Å². The molecule has 1 aliphatic rings. The third kappa shape index (κ3) is 3.15. The summed E-state index contributed by atoms with van der Waals surface area (Å²) in [5.74, 6) is -0.453. The zero-order valence-electron chi connectivity index (χ0n) is 13.9. The van der Waals surface area contributed by atoms with Crippen LogP contribution < -0.4 is 10.6 Å². The van der Waals surface area contributed by atoms with Gasteiger partial charge in [0.05, 0.1) is 12.2 Å². The first-order valence-electron chi connectivity index (χ1n) is 8.09. The molecule has 1 heterocycles. The van der Waals surface area contributed by atoms with Crippen LogP contribution in [0.15, 0.2) is 42.6 Å². The first kappa shape index (κ1) is 16.2. The molecule has 2 aromatic rings. The normalized spacial score (nSPS) is 14.8. The Morgan fingerprint density at radius 1 is 1.08 bits per heavy atom. The smallest absolute Gasteiger partial charge is 0.240 e. The minimum Gasteiger partial charge on any atom is -0.350 e. The van der Waals surface area contributed by atoms with Crippen molar-refractivity contribution in [1.82, 2.24) is 10.3 Å². The number of nitrogens with zero attached hydrogens (tertiary/aromatic N) is 1. The highest BCUT2D eigenvalue weighted by Crippen LogP contribution is 2.47. The van der Waals surface area contributed by atoms with Crippen LogP contribution in [-0.2, 0) is 16.1 Å². The minimum absolute atomic E-state index is 0.226. The van der Waals surface area contributed by atoms with Crippen LogP contribution in [0.1, 0.15) is 29.7 Å². The molecule has 1 aromatic heterocycles. The Morgan fingerprint density at radius 3 is 2.54 bits per heavy atom. The van der Waals surface area contributed by atoms with E-state index in [-0.39, 0.29) is 11.8 Å². The standard InChI is InChI=1S/C19H21N3O2/c1-13-6-5-8-16(14(13)2)22-18(24)19(9-10-19)17(23)21-12-15-7-3-4-11-20-15/h3-8,11H,9-10,12H2,1-2H3,(H,21,23)(H,22,24). The maximum atomic E-state index is 12.6. The number of hydrogen-bond donors (Lipinski definition) is 2. The average Bonchev–Trinajstić information content (AvgIpc) is 3.40. The van der Waals surface area contributed by atoms with Gasteiger partial charge in [0.2, 0.25) is 11.8 Å². The summed E-state index contributed by atoms with van der Waals surface area (Å²) < 4.78 is 0. The molecule has 0 bridgehead atoms. The number of hydrogen-bond acceptors (Lipinski definition) is 3. The van der Waals surface area contributed by atoms with E-state index in [2.05, 4.69) is 15.6 Å². The van der Waals surface area contributed by atoms with E-state index in [4.69, 9.17) is 0 Å². The Bertz CT molecular complexity index is 767. The molecule has 2 amide bonds. The molecule has 1 fully saturated rings. The molecule has 0 spiro atoms. The van der Waals surface area contributed by atoms with E-state index in [0.29, 0.717) is 19.4 Å². The Labute approximate surface area is 141 Å². The van der Waals surface area contributed by atoms with Gasteiger partial charge in [-0.2, -0.15) is 0 Å². The Hall–Kier alpha value is -2.69. The van der Waals surface area contributed by atoms with Crippen LogP contribution in [0.3, 0.4) is 0 Å². The lowest BCUT2D eigenvalue weighted by atomic mass is 10.0. The summed E-state index contributed by atoms with van der Waals surface area (Å²) in [5.41, 5.74) is 2.73. The van der Waals surface area contributed by atoms with Crippen LogP contribution in [0.2, 0.25) is 0 Å². The van der Waals surface area contributed by atoms with Crippen molar-refractivity contribution in [3.63, 3.8) is 0 Å². The quantitative estimate of drug-likeness (QED) is 0.831. The summed E-state index contributed by atoms with van der Waals surface area (Å²) >= 11 is 0. The second kappa shape index (κ2) is 6.43. The predicted octanol–water partition coefficient (Wildman–Crippen LogP) is 2.73. The SMILES string of the molecule is Cc1cccc(NC(=O)C2(C(=O)NCc3ccccn3)CC2)c1C. The van der Waals surface area contributed by atoms with Gasteiger partial charge in [0.15, 0.2) is 0 Å². The molecule has 0 atom stereocenters. The lowest BCUT2D eigenvalue weighted by molar-refractivity contribution is -0.134. The molecule has 0 aliphatic heterocycles. The van der Waals surface area contributed by atoms with E-state index in [0.717, 1.165) is 22.5 Å². The first-order chi connectivity index (χ1) is 11.5. The number of nitrogens with one attached hydrogen (secondary N) is 2. The molecule has 5 heteroatoms. The average molecular weight is 323 g/mol. The number of pyridine rings is 1. The maximum absolute atomic E-state index is 12.6. The van der Waals surface area contributed by atoms with Gasteiger partial charge in [-0.3, -0.25) is 14.6 Å². The van der Waals surface area contributed by atoms with Gasteiger partial charge in [0.25, 0.3) is 0 Å². The van der Waals surface area contributed by atoms with Crippen LogP contribution in [0.25, 0.3) is 0 Å². The highest BCUT2D eigenvalue weighted by Gasteiger charge is 2.56.